The predicted octanol–water partition coefficient (Wildman–Crippen LogP) is 3.69. The molecule has 1 atom stereocenters. The van der Waals surface area contributed by atoms with Gasteiger partial charge in [-0.2, -0.15) is 0 Å². The van der Waals surface area contributed by atoms with E-state index < -0.39 is 4.87 Å². The van der Waals surface area contributed by atoms with Crippen molar-refractivity contribution in [2.75, 3.05) is 24.3 Å². The zero-order chi connectivity index (χ0) is 19.9. The summed E-state index contributed by atoms with van der Waals surface area (Å²) in [5.41, 5.74) is 3.96. The van der Waals surface area contributed by atoms with E-state index in [1.807, 2.05) is 48.2 Å². The Morgan fingerprint density at radius 1 is 1.25 bits per heavy atom. The minimum Gasteiger partial charge on any atom is -0.497 e. The van der Waals surface area contributed by atoms with Crippen LogP contribution in [0.25, 0.3) is 0 Å². The number of carbonyl (C=O) groups excluding carboxylic acids is 2. The number of thioether (sulfide) groups is 1. The van der Waals surface area contributed by atoms with Crippen molar-refractivity contribution >= 4 is 29.3 Å². The SMILES string of the molecule is CCC(=O)N1CCS[C@@]12C(=O)N(Cc1ccccc1C)c1ccc(OC)cc12. The average molecular weight is 397 g/mol. The fourth-order valence-corrected chi connectivity index (χ4v) is 5.55. The van der Waals surface area contributed by atoms with E-state index >= 15 is 0 Å². The van der Waals surface area contributed by atoms with E-state index in [0.29, 0.717) is 25.3 Å². The van der Waals surface area contributed by atoms with Gasteiger partial charge in [0, 0.05) is 24.3 Å². The van der Waals surface area contributed by atoms with Gasteiger partial charge < -0.3 is 14.5 Å². The van der Waals surface area contributed by atoms with Crippen molar-refractivity contribution in [2.24, 2.45) is 0 Å². The Labute approximate surface area is 169 Å². The van der Waals surface area contributed by atoms with Crippen LogP contribution in [0.15, 0.2) is 42.5 Å². The molecule has 2 aromatic rings. The van der Waals surface area contributed by atoms with Gasteiger partial charge in [-0.3, -0.25) is 9.59 Å². The quantitative estimate of drug-likeness (QED) is 0.791. The number of carbonyl (C=O) groups is 2. The first-order valence-corrected chi connectivity index (χ1v) is 10.5. The number of ether oxygens (including phenoxy) is 1. The molecule has 2 aromatic carbocycles. The number of benzene rings is 2. The van der Waals surface area contributed by atoms with Crippen molar-refractivity contribution < 1.29 is 14.3 Å². The molecule has 2 aliphatic rings. The Hall–Kier alpha value is -2.47. The van der Waals surface area contributed by atoms with Crippen molar-refractivity contribution in [3.05, 3.63) is 59.2 Å². The van der Waals surface area contributed by atoms with Crippen LogP contribution in [0, 0.1) is 6.92 Å². The second-order valence-electron chi connectivity index (χ2n) is 7.09. The molecule has 2 heterocycles. The largest absolute Gasteiger partial charge is 0.497 e. The minimum atomic E-state index is -0.986. The van der Waals surface area contributed by atoms with Crippen molar-refractivity contribution in [3.63, 3.8) is 0 Å². The van der Waals surface area contributed by atoms with E-state index in [1.54, 1.807) is 23.8 Å². The standard InChI is InChI=1S/C22H24N2O3S/c1-4-20(25)24-11-12-28-22(24)18-13-17(27-3)9-10-19(18)23(21(22)26)14-16-8-6-5-7-15(16)2/h5-10,13H,4,11-12,14H2,1-3H3/t22-/m0/s1. The van der Waals surface area contributed by atoms with E-state index in [0.717, 1.165) is 28.1 Å². The molecule has 1 saturated heterocycles. The summed E-state index contributed by atoms with van der Waals surface area (Å²) in [7, 11) is 1.62. The molecule has 6 heteroatoms. The molecule has 2 aliphatic heterocycles. The first kappa shape index (κ1) is 18.9. The first-order chi connectivity index (χ1) is 13.5. The molecular formula is C22H24N2O3S. The number of hydrogen-bond acceptors (Lipinski definition) is 4. The summed E-state index contributed by atoms with van der Waals surface area (Å²) in [6.07, 6.45) is 0.382. The fraction of sp³-hybridized carbons (Fsp3) is 0.364. The highest BCUT2D eigenvalue weighted by Gasteiger charge is 2.59. The van der Waals surface area contributed by atoms with Crippen molar-refractivity contribution in [1.29, 1.82) is 0 Å². The average Bonchev–Trinajstić information content (AvgIpc) is 3.26. The Kier molecular flexibility index (Phi) is 4.83. The monoisotopic (exact) mass is 396 g/mol. The number of nitrogens with zero attached hydrogens (tertiary/aromatic N) is 2. The van der Waals surface area contributed by atoms with E-state index in [2.05, 4.69) is 13.0 Å². The van der Waals surface area contributed by atoms with Crippen LogP contribution < -0.4 is 9.64 Å². The van der Waals surface area contributed by atoms with E-state index in [-0.39, 0.29) is 11.8 Å². The van der Waals surface area contributed by atoms with Crippen LogP contribution in [0.4, 0.5) is 5.69 Å². The van der Waals surface area contributed by atoms with Gasteiger partial charge >= 0.3 is 0 Å². The van der Waals surface area contributed by atoms with E-state index in [1.165, 1.54) is 0 Å². The molecule has 2 amide bonds. The number of fused-ring (bicyclic) bond motifs is 2. The highest BCUT2D eigenvalue weighted by molar-refractivity contribution is 8.01. The van der Waals surface area contributed by atoms with Gasteiger partial charge in [-0.15, -0.1) is 11.8 Å². The fourth-order valence-electron chi connectivity index (χ4n) is 4.08. The highest BCUT2D eigenvalue weighted by atomic mass is 32.2. The van der Waals surface area contributed by atoms with Crippen LogP contribution in [0.3, 0.4) is 0 Å². The van der Waals surface area contributed by atoms with Gasteiger partial charge in [0.25, 0.3) is 5.91 Å². The summed E-state index contributed by atoms with van der Waals surface area (Å²) in [4.78, 5) is 29.1. The van der Waals surface area contributed by atoms with Gasteiger partial charge in [-0.25, -0.2) is 0 Å². The topological polar surface area (TPSA) is 49.9 Å². The molecule has 4 rings (SSSR count). The Morgan fingerprint density at radius 2 is 2.04 bits per heavy atom. The zero-order valence-corrected chi connectivity index (χ0v) is 17.2. The summed E-state index contributed by atoms with van der Waals surface area (Å²) >= 11 is 1.55. The summed E-state index contributed by atoms with van der Waals surface area (Å²) < 4.78 is 5.43. The lowest BCUT2D eigenvalue weighted by Gasteiger charge is -2.33. The smallest absolute Gasteiger partial charge is 0.268 e. The lowest BCUT2D eigenvalue weighted by Crippen LogP contribution is -2.50. The predicted molar refractivity (Wildman–Crippen MR) is 112 cm³/mol. The molecule has 1 spiro atoms. The third kappa shape index (κ3) is 2.70. The second-order valence-corrected chi connectivity index (χ2v) is 8.38. The van der Waals surface area contributed by atoms with E-state index in [9.17, 15) is 9.59 Å². The second kappa shape index (κ2) is 7.17. The van der Waals surface area contributed by atoms with Crippen molar-refractivity contribution in [1.82, 2.24) is 4.90 Å². The lowest BCUT2D eigenvalue weighted by atomic mass is 10.0. The number of rotatable bonds is 4. The number of hydrogen-bond donors (Lipinski definition) is 0. The molecule has 146 valence electrons. The van der Waals surface area contributed by atoms with Crippen LogP contribution in [0.5, 0.6) is 5.75 Å². The third-order valence-electron chi connectivity index (χ3n) is 5.59. The maximum absolute atomic E-state index is 13.8. The molecule has 0 radical (unpaired) electrons. The van der Waals surface area contributed by atoms with Crippen molar-refractivity contribution in [3.8, 4) is 5.75 Å². The summed E-state index contributed by atoms with van der Waals surface area (Å²) in [6, 6.07) is 13.8. The maximum Gasteiger partial charge on any atom is 0.268 e. The van der Waals surface area contributed by atoms with Crippen LogP contribution in [0.1, 0.15) is 30.0 Å². The van der Waals surface area contributed by atoms with Gasteiger partial charge in [0.2, 0.25) is 5.91 Å². The van der Waals surface area contributed by atoms with Crippen LogP contribution in [-0.2, 0) is 21.0 Å². The molecule has 0 aliphatic carbocycles. The number of anilines is 1. The highest BCUT2D eigenvalue weighted by Crippen LogP contribution is 2.55. The van der Waals surface area contributed by atoms with Crippen LogP contribution in [-0.4, -0.2) is 36.1 Å². The molecule has 1 fully saturated rings. The summed E-state index contributed by atoms with van der Waals surface area (Å²) in [5.74, 6) is 1.40. The van der Waals surface area contributed by atoms with Gasteiger partial charge in [-0.05, 0) is 36.2 Å². The Balaban J connectivity index is 1.85. The number of amides is 2. The van der Waals surface area contributed by atoms with Gasteiger partial charge in [0.1, 0.15) is 5.75 Å². The lowest BCUT2D eigenvalue weighted by molar-refractivity contribution is -0.139. The van der Waals surface area contributed by atoms with Crippen LogP contribution >= 0.6 is 11.8 Å². The summed E-state index contributed by atoms with van der Waals surface area (Å²) in [6.45, 7) is 4.97. The molecule has 0 bridgehead atoms. The number of aryl methyl sites for hydroxylation is 1. The molecule has 0 aromatic heterocycles. The summed E-state index contributed by atoms with van der Waals surface area (Å²) in [5, 5.41) is 0. The molecular weight excluding hydrogens is 372 g/mol. The first-order valence-electron chi connectivity index (χ1n) is 9.52. The van der Waals surface area contributed by atoms with Gasteiger partial charge in [0.05, 0.1) is 19.3 Å². The molecule has 0 unspecified atom stereocenters. The van der Waals surface area contributed by atoms with Crippen molar-refractivity contribution in [2.45, 2.75) is 31.7 Å². The normalized spacial score (nSPS) is 20.8. The van der Waals surface area contributed by atoms with Crippen LogP contribution in [0.2, 0.25) is 0 Å². The third-order valence-corrected chi connectivity index (χ3v) is 7.01. The van der Waals surface area contributed by atoms with Gasteiger partial charge in [-0.1, -0.05) is 31.2 Å². The molecule has 0 N–H and O–H groups in total. The zero-order valence-electron chi connectivity index (χ0n) is 16.4. The molecule has 0 saturated carbocycles. The Bertz CT molecular complexity index is 945. The molecule has 28 heavy (non-hydrogen) atoms. The molecule has 5 nitrogen and oxygen atoms in total. The van der Waals surface area contributed by atoms with E-state index in [4.69, 9.17) is 4.74 Å². The number of methoxy groups -OCH3 is 1. The Morgan fingerprint density at radius 3 is 2.75 bits per heavy atom. The van der Waals surface area contributed by atoms with Gasteiger partial charge in [0.15, 0.2) is 4.87 Å². The minimum absolute atomic E-state index is 0.00450. The maximum atomic E-state index is 13.8.